The molecular formula is C19H33IN4O. The monoisotopic (exact) mass is 460 g/mol. The highest BCUT2D eigenvalue weighted by Crippen LogP contribution is 2.30. The summed E-state index contributed by atoms with van der Waals surface area (Å²) in [6.45, 7) is 8.01. The Kier molecular flexibility index (Phi) is 10.2. The Hall–Kier alpha value is -1.02. The van der Waals surface area contributed by atoms with E-state index in [1.54, 1.807) is 7.11 Å². The highest BCUT2D eigenvalue weighted by molar-refractivity contribution is 14.0. The SMILES string of the molecule is COc1ccccc1C(CNC(N)=NCC(C)C)N1CCCCC1.I. The Labute approximate surface area is 169 Å². The maximum Gasteiger partial charge on any atom is 0.188 e. The van der Waals surface area contributed by atoms with Crippen LogP contribution in [0.5, 0.6) is 5.75 Å². The van der Waals surface area contributed by atoms with Gasteiger partial charge in [0.1, 0.15) is 5.75 Å². The van der Waals surface area contributed by atoms with Gasteiger partial charge in [-0.3, -0.25) is 9.89 Å². The molecule has 0 bridgehead atoms. The Bertz CT molecular complexity index is 530. The van der Waals surface area contributed by atoms with Crippen molar-refractivity contribution < 1.29 is 4.74 Å². The number of guanidine groups is 1. The fourth-order valence-corrected chi connectivity index (χ4v) is 3.15. The van der Waals surface area contributed by atoms with Gasteiger partial charge < -0.3 is 15.8 Å². The first-order chi connectivity index (χ1) is 11.6. The van der Waals surface area contributed by atoms with E-state index >= 15 is 0 Å². The number of methoxy groups -OCH3 is 1. The predicted octanol–water partition coefficient (Wildman–Crippen LogP) is 3.40. The Morgan fingerprint density at radius 3 is 2.56 bits per heavy atom. The number of rotatable bonds is 7. The van der Waals surface area contributed by atoms with Crippen LogP contribution in [0.4, 0.5) is 0 Å². The van der Waals surface area contributed by atoms with E-state index in [2.05, 4.69) is 41.2 Å². The smallest absolute Gasteiger partial charge is 0.188 e. The van der Waals surface area contributed by atoms with E-state index in [0.29, 0.717) is 11.9 Å². The van der Waals surface area contributed by atoms with E-state index in [1.165, 1.54) is 24.8 Å². The van der Waals surface area contributed by atoms with E-state index in [0.717, 1.165) is 31.9 Å². The first kappa shape index (κ1) is 22.0. The maximum atomic E-state index is 6.04. The fraction of sp³-hybridized carbons (Fsp3) is 0.632. The normalized spacial score (nSPS) is 17.0. The summed E-state index contributed by atoms with van der Waals surface area (Å²) < 4.78 is 5.59. The number of likely N-dealkylation sites (tertiary alicyclic amines) is 1. The van der Waals surface area contributed by atoms with E-state index in [4.69, 9.17) is 10.5 Å². The van der Waals surface area contributed by atoms with Crippen molar-refractivity contribution in [2.75, 3.05) is 33.3 Å². The minimum atomic E-state index is 0. The van der Waals surface area contributed by atoms with Crippen LogP contribution in [-0.4, -0.2) is 44.1 Å². The van der Waals surface area contributed by atoms with E-state index in [-0.39, 0.29) is 30.0 Å². The van der Waals surface area contributed by atoms with E-state index < -0.39 is 0 Å². The topological polar surface area (TPSA) is 62.9 Å². The molecule has 3 N–H and O–H groups in total. The molecule has 1 atom stereocenters. The van der Waals surface area contributed by atoms with Crippen molar-refractivity contribution >= 4 is 29.9 Å². The number of benzene rings is 1. The van der Waals surface area contributed by atoms with Gasteiger partial charge in [0.25, 0.3) is 0 Å². The maximum absolute atomic E-state index is 6.04. The molecule has 1 saturated heterocycles. The van der Waals surface area contributed by atoms with Crippen molar-refractivity contribution in [2.24, 2.45) is 16.6 Å². The van der Waals surface area contributed by atoms with Gasteiger partial charge in [-0.25, -0.2) is 0 Å². The molecule has 0 saturated carbocycles. The van der Waals surface area contributed by atoms with Gasteiger partial charge in [0.2, 0.25) is 0 Å². The molecule has 5 nitrogen and oxygen atoms in total. The van der Waals surface area contributed by atoms with Crippen LogP contribution in [0.15, 0.2) is 29.3 Å². The number of ether oxygens (including phenoxy) is 1. The highest BCUT2D eigenvalue weighted by Gasteiger charge is 2.24. The summed E-state index contributed by atoms with van der Waals surface area (Å²) in [4.78, 5) is 6.94. The number of piperidine rings is 1. The summed E-state index contributed by atoms with van der Waals surface area (Å²) in [6, 6.07) is 8.52. The number of nitrogens with one attached hydrogen (secondary N) is 1. The van der Waals surface area contributed by atoms with Crippen molar-refractivity contribution in [1.29, 1.82) is 0 Å². The zero-order valence-electron chi connectivity index (χ0n) is 15.7. The van der Waals surface area contributed by atoms with Crippen LogP contribution in [-0.2, 0) is 0 Å². The molecular weight excluding hydrogens is 427 g/mol. The minimum Gasteiger partial charge on any atom is -0.496 e. The van der Waals surface area contributed by atoms with Crippen molar-refractivity contribution in [1.82, 2.24) is 10.2 Å². The number of hydrogen-bond acceptors (Lipinski definition) is 3. The van der Waals surface area contributed by atoms with Gasteiger partial charge in [-0.2, -0.15) is 0 Å². The third kappa shape index (κ3) is 7.01. The zero-order valence-corrected chi connectivity index (χ0v) is 18.0. The van der Waals surface area contributed by atoms with Crippen LogP contribution in [0.1, 0.15) is 44.7 Å². The molecule has 1 heterocycles. The Morgan fingerprint density at radius 2 is 1.92 bits per heavy atom. The lowest BCUT2D eigenvalue weighted by molar-refractivity contribution is 0.161. The lowest BCUT2D eigenvalue weighted by Crippen LogP contribution is -2.43. The number of aliphatic imine (C=N–C) groups is 1. The summed E-state index contributed by atoms with van der Waals surface area (Å²) in [6.07, 6.45) is 3.83. The van der Waals surface area contributed by atoms with E-state index in [9.17, 15) is 0 Å². The van der Waals surface area contributed by atoms with Crippen LogP contribution in [0.2, 0.25) is 0 Å². The molecule has 142 valence electrons. The molecule has 0 amide bonds. The third-order valence-electron chi connectivity index (χ3n) is 4.43. The van der Waals surface area contributed by atoms with Gasteiger partial charge in [0.15, 0.2) is 5.96 Å². The molecule has 1 aromatic rings. The molecule has 0 radical (unpaired) electrons. The zero-order chi connectivity index (χ0) is 17.4. The average Bonchev–Trinajstić information content (AvgIpc) is 2.61. The second kappa shape index (κ2) is 11.6. The van der Waals surface area contributed by atoms with E-state index in [1.807, 2.05) is 12.1 Å². The number of para-hydroxylation sites is 1. The minimum absolute atomic E-state index is 0. The lowest BCUT2D eigenvalue weighted by Gasteiger charge is -2.35. The van der Waals surface area contributed by atoms with Crippen LogP contribution in [0.25, 0.3) is 0 Å². The molecule has 0 aliphatic carbocycles. The quantitative estimate of drug-likeness (QED) is 0.372. The molecule has 1 aromatic carbocycles. The molecule has 6 heteroatoms. The van der Waals surface area contributed by atoms with Gasteiger partial charge in [-0.1, -0.05) is 38.5 Å². The molecule has 1 aliphatic heterocycles. The first-order valence-corrected chi connectivity index (χ1v) is 9.02. The van der Waals surface area contributed by atoms with Crippen LogP contribution in [0.3, 0.4) is 0 Å². The molecule has 0 spiro atoms. The molecule has 25 heavy (non-hydrogen) atoms. The molecule has 0 aromatic heterocycles. The largest absolute Gasteiger partial charge is 0.496 e. The molecule has 1 unspecified atom stereocenters. The van der Waals surface area contributed by atoms with Crippen LogP contribution >= 0.6 is 24.0 Å². The second-order valence-electron chi connectivity index (χ2n) is 6.86. The van der Waals surface area contributed by atoms with Gasteiger partial charge in [-0.05, 0) is 37.9 Å². The predicted molar refractivity (Wildman–Crippen MR) is 116 cm³/mol. The number of nitrogens with zero attached hydrogens (tertiary/aromatic N) is 2. The van der Waals surface area contributed by atoms with Crippen molar-refractivity contribution in [3.63, 3.8) is 0 Å². The van der Waals surface area contributed by atoms with Crippen molar-refractivity contribution in [2.45, 2.75) is 39.2 Å². The summed E-state index contributed by atoms with van der Waals surface area (Å²) >= 11 is 0. The van der Waals surface area contributed by atoms with Crippen molar-refractivity contribution in [3.8, 4) is 5.75 Å². The molecule has 2 rings (SSSR count). The summed E-state index contributed by atoms with van der Waals surface area (Å²) in [7, 11) is 1.73. The third-order valence-corrected chi connectivity index (χ3v) is 4.43. The average molecular weight is 460 g/mol. The van der Waals surface area contributed by atoms with Crippen molar-refractivity contribution in [3.05, 3.63) is 29.8 Å². The lowest BCUT2D eigenvalue weighted by atomic mass is 10.0. The number of nitrogens with two attached hydrogens (primary N) is 1. The van der Waals surface area contributed by atoms with Crippen LogP contribution < -0.4 is 15.8 Å². The number of hydrogen-bond donors (Lipinski definition) is 2. The molecule has 1 fully saturated rings. The Morgan fingerprint density at radius 1 is 1.24 bits per heavy atom. The summed E-state index contributed by atoms with van der Waals surface area (Å²) in [5.74, 6) is 1.98. The van der Waals surface area contributed by atoms with Gasteiger partial charge in [-0.15, -0.1) is 24.0 Å². The standard InChI is InChI=1S/C19H32N4O.HI/c1-15(2)13-21-19(20)22-14-17(23-11-7-4-8-12-23)16-9-5-6-10-18(16)24-3;/h5-6,9-10,15,17H,4,7-8,11-14H2,1-3H3,(H3,20,21,22);1H. The number of halogens is 1. The summed E-state index contributed by atoms with van der Waals surface area (Å²) in [5, 5.41) is 3.32. The summed E-state index contributed by atoms with van der Waals surface area (Å²) in [5.41, 5.74) is 7.25. The van der Waals surface area contributed by atoms with Gasteiger partial charge in [0, 0.05) is 18.7 Å². The molecule has 1 aliphatic rings. The van der Waals surface area contributed by atoms with Crippen LogP contribution in [0, 0.1) is 5.92 Å². The van der Waals surface area contributed by atoms with Gasteiger partial charge in [0.05, 0.1) is 13.2 Å². The first-order valence-electron chi connectivity index (χ1n) is 9.02. The second-order valence-corrected chi connectivity index (χ2v) is 6.86. The Balaban J connectivity index is 0.00000312. The highest BCUT2D eigenvalue weighted by atomic mass is 127. The fourth-order valence-electron chi connectivity index (χ4n) is 3.15. The van der Waals surface area contributed by atoms with Gasteiger partial charge >= 0.3 is 0 Å².